The van der Waals surface area contributed by atoms with Gasteiger partial charge >= 0.3 is 231 Å². The fraction of sp³-hybridized carbons (Fsp3) is 0.314. The SMILES string of the molecule is CCCCCCC[CH2][Zr]([SiH2]C)([CH]1c2ccccc2-c2ccccc21)[CH]1c2ccccc2-c2ccccc21.Cl.Cl. The van der Waals surface area contributed by atoms with Crippen molar-refractivity contribution in [2.75, 3.05) is 0 Å². The first-order chi connectivity index (χ1) is 18.3. The van der Waals surface area contributed by atoms with Gasteiger partial charge in [-0.3, -0.25) is 0 Å². The second kappa shape index (κ2) is 13.5. The molecule has 2 aliphatic rings. The van der Waals surface area contributed by atoms with Crippen LogP contribution in [0.25, 0.3) is 22.3 Å². The van der Waals surface area contributed by atoms with Crippen LogP contribution in [0.15, 0.2) is 97.1 Å². The van der Waals surface area contributed by atoms with E-state index in [9.17, 15) is 0 Å². The molecule has 6 rings (SSSR count). The summed E-state index contributed by atoms with van der Waals surface area (Å²) in [5.41, 5.74) is 12.8. The van der Waals surface area contributed by atoms with Crippen molar-refractivity contribution in [3.05, 3.63) is 119 Å². The molecule has 0 atom stereocenters. The van der Waals surface area contributed by atoms with Crippen molar-refractivity contribution in [1.82, 2.24) is 0 Å². The maximum Gasteiger partial charge on any atom is -0.147 e. The molecule has 0 aliphatic heterocycles. The molecular weight excluding hydrogens is 611 g/mol. The minimum absolute atomic E-state index is 0. The Morgan fingerprint density at radius 3 is 1.21 bits per heavy atom. The van der Waals surface area contributed by atoms with Crippen LogP contribution >= 0.6 is 24.8 Å². The van der Waals surface area contributed by atoms with Crippen molar-refractivity contribution in [3.63, 3.8) is 0 Å². The van der Waals surface area contributed by atoms with Crippen molar-refractivity contribution in [2.24, 2.45) is 0 Å². The summed E-state index contributed by atoms with van der Waals surface area (Å²) in [5, 5.41) is 0. The second-order valence-electron chi connectivity index (χ2n) is 11.3. The first-order valence-electron chi connectivity index (χ1n) is 14.7. The molecule has 39 heavy (non-hydrogen) atoms. The molecule has 0 heterocycles. The van der Waals surface area contributed by atoms with Crippen molar-refractivity contribution in [1.29, 1.82) is 0 Å². The van der Waals surface area contributed by atoms with E-state index >= 15 is 0 Å². The quantitative estimate of drug-likeness (QED) is 0.118. The molecule has 0 unspecified atom stereocenters. The van der Waals surface area contributed by atoms with Crippen LogP contribution in [0.5, 0.6) is 0 Å². The number of rotatable bonds is 10. The maximum absolute atomic E-state index is 2.91. The molecule has 0 radical (unpaired) electrons. The summed E-state index contributed by atoms with van der Waals surface area (Å²) < 4.78 is 2.89. The van der Waals surface area contributed by atoms with E-state index in [2.05, 4.69) is 111 Å². The average molecular weight is 653 g/mol. The Balaban J connectivity index is 0.00000176. The van der Waals surface area contributed by atoms with Gasteiger partial charge in [0, 0.05) is 0 Å². The number of hydrogen-bond acceptors (Lipinski definition) is 0. The van der Waals surface area contributed by atoms with E-state index < -0.39 is 19.4 Å². The van der Waals surface area contributed by atoms with Crippen LogP contribution in [-0.2, 0) is 19.4 Å². The minimum atomic E-state index is -2.91. The third-order valence-electron chi connectivity index (χ3n) is 9.47. The molecule has 4 aromatic carbocycles. The van der Waals surface area contributed by atoms with E-state index in [1.165, 1.54) is 64.9 Å². The van der Waals surface area contributed by atoms with E-state index in [-0.39, 0.29) is 31.5 Å². The molecule has 0 fully saturated rings. The molecule has 204 valence electrons. The normalized spacial score (nSPS) is 13.9. The Labute approximate surface area is 254 Å². The van der Waals surface area contributed by atoms with Crippen LogP contribution in [0.2, 0.25) is 10.7 Å². The van der Waals surface area contributed by atoms with Gasteiger partial charge in [-0.05, 0) is 0 Å². The second-order valence-corrected chi connectivity index (χ2v) is 35.2. The van der Waals surface area contributed by atoms with E-state index in [1.807, 2.05) is 0 Å². The molecule has 0 aromatic heterocycles. The van der Waals surface area contributed by atoms with Gasteiger partial charge in [0.25, 0.3) is 0 Å². The van der Waals surface area contributed by atoms with E-state index in [4.69, 9.17) is 0 Å². The number of unbranched alkanes of at least 4 members (excludes halogenated alkanes) is 5. The summed E-state index contributed by atoms with van der Waals surface area (Å²) in [7, 11) is 0. The van der Waals surface area contributed by atoms with Crippen molar-refractivity contribution >= 4 is 31.5 Å². The number of halogens is 2. The van der Waals surface area contributed by atoms with Crippen LogP contribution in [0.4, 0.5) is 0 Å². The monoisotopic (exact) mass is 650 g/mol. The van der Waals surface area contributed by atoms with Crippen molar-refractivity contribution < 1.29 is 19.4 Å². The minimum Gasteiger partial charge on any atom is -0.147 e. The van der Waals surface area contributed by atoms with E-state index in [1.54, 1.807) is 22.3 Å². The number of hydrogen-bond donors (Lipinski definition) is 0. The third-order valence-corrected chi connectivity index (χ3v) is 39.3. The smallest absolute Gasteiger partial charge is 0.147 e. The molecule has 2 aliphatic carbocycles. The van der Waals surface area contributed by atoms with E-state index in [0.29, 0.717) is 7.25 Å². The summed E-state index contributed by atoms with van der Waals surface area (Å²) in [6.45, 7) is 4.81. The Kier molecular flexibility index (Phi) is 10.5. The number of fused-ring (bicyclic) bond motifs is 6. The topological polar surface area (TPSA) is 0 Å². The van der Waals surface area contributed by atoms with Gasteiger partial charge < -0.3 is 0 Å². The molecule has 4 heteroatoms. The molecule has 0 N–H and O–H groups in total. The predicted molar refractivity (Wildman–Crippen MR) is 175 cm³/mol. The molecule has 4 aromatic rings. The summed E-state index contributed by atoms with van der Waals surface area (Å²) in [6, 6.07) is 37.9. The Hall–Kier alpha value is -1.44. The van der Waals surface area contributed by atoms with Crippen LogP contribution < -0.4 is 0 Å². The summed E-state index contributed by atoms with van der Waals surface area (Å²) in [6.07, 6.45) is 8.39. The van der Waals surface area contributed by atoms with Crippen molar-refractivity contribution in [3.8, 4) is 22.3 Å². The largest absolute Gasteiger partial charge is 0.147 e. The number of benzene rings is 4. The molecule has 0 saturated carbocycles. The molecule has 0 saturated heterocycles. The van der Waals surface area contributed by atoms with Gasteiger partial charge in [-0.15, -0.1) is 24.8 Å². The standard InChI is InChI=1S/2C13H9.C8H17.CH5Si.2ClH.Zr/c2*1-3-7-12-10(5-1)9-11-6-2-4-8-13(11)12;1-3-5-7-8-6-4-2;1-2;;;/h2*1-9H;1,3-8H2,2H3;2H2,1H3;2*1H;. The van der Waals surface area contributed by atoms with Crippen LogP contribution in [0.1, 0.15) is 75.0 Å². The van der Waals surface area contributed by atoms with Gasteiger partial charge in [0.15, 0.2) is 0 Å². The summed E-state index contributed by atoms with van der Waals surface area (Å²) in [4.78, 5) is 0. The Morgan fingerprint density at radius 1 is 0.513 bits per heavy atom. The predicted octanol–water partition coefficient (Wildman–Crippen LogP) is 10.4. The first kappa shape index (κ1) is 30.5. The fourth-order valence-electron chi connectivity index (χ4n) is 7.82. The zero-order chi connectivity index (χ0) is 25.2. The third kappa shape index (κ3) is 5.32. The zero-order valence-corrected chi connectivity index (χ0v) is 28.9. The molecule has 0 spiro atoms. The van der Waals surface area contributed by atoms with Gasteiger partial charge in [-0.1, -0.05) is 0 Å². The molecular formula is C35H42Cl2SiZr. The fourth-order valence-corrected chi connectivity index (χ4v) is 37.3. The maximum atomic E-state index is 2.71. The van der Waals surface area contributed by atoms with Crippen LogP contribution in [-0.4, -0.2) is 6.65 Å². The average Bonchev–Trinajstić information content (AvgIpc) is 3.47. The first-order valence-corrected chi connectivity index (χ1v) is 26.6. The molecule has 0 bridgehead atoms. The van der Waals surface area contributed by atoms with E-state index in [0.717, 1.165) is 0 Å². The van der Waals surface area contributed by atoms with Gasteiger partial charge in [-0.2, -0.15) is 0 Å². The van der Waals surface area contributed by atoms with Crippen molar-refractivity contribution in [2.45, 2.75) is 63.4 Å². The van der Waals surface area contributed by atoms with Gasteiger partial charge in [-0.25, -0.2) is 0 Å². The molecule has 0 amide bonds. The van der Waals surface area contributed by atoms with Crippen LogP contribution in [0.3, 0.4) is 0 Å². The van der Waals surface area contributed by atoms with Crippen LogP contribution in [0, 0.1) is 0 Å². The zero-order valence-electron chi connectivity index (χ0n) is 23.4. The Morgan fingerprint density at radius 2 is 0.846 bits per heavy atom. The van der Waals surface area contributed by atoms with Gasteiger partial charge in [0.1, 0.15) is 0 Å². The summed E-state index contributed by atoms with van der Waals surface area (Å²) in [5.74, 6) is 0. The summed E-state index contributed by atoms with van der Waals surface area (Å²) >= 11 is -2.91. The Bertz CT molecular complexity index is 1210. The van der Waals surface area contributed by atoms with Gasteiger partial charge in [0.05, 0.1) is 0 Å². The molecule has 0 nitrogen and oxygen atoms in total. The van der Waals surface area contributed by atoms with Gasteiger partial charge in [0.2, 0.25) is 0 Å².